The van der Waals surface area contributed by atoms with Crippen LogP contribution in [0.3, 0.4) is 0 Å². The molecule has 0 aromatic heterocycles. The van der Waals surface area contributed by atoms with E-state index in [0.29, 0.717) is 25.2 Å². The lowest BCUT2D eigenvalue weighted by Crippen LogP contribution is -2.46. The standard InChI is InChI=1S/C16H25N3O2/c1-12-4-5-13(17)10-14(12)18-15(20)6-9-19-8-3-7-16(2,21)11-19/h4-5,10,21H,3,6-9,11,17H2,1-2H3,(H,18,20). The molecule has 4 N–H and O–H groups in total. The number of benzene rings is 1. The Morgan fingerprint density at radius 2 is 2.29 bits per heavy atom. The van der Waals surface area contributed by atoms with E-state index in [1.54, 1.807) is 6.07 Å². The fourth-order valence-corrected chi connectivity index (χ4v) is 2.76. The summed E-state index contributed by atoms with van der Waals surface area (Å²) in [5, 5.41) is 13.0. The highest BCUT2D eigenvalue weighted by atomic mass is 16.3. The van der Waals surface area contributed by atoms with Crippen molar-refractivity contribution < 1.29 is 9.90 Å². The van der Waals surface area contributed by atoms with Crippen molar-refractivity contribution in [3.05, 3.63) is 23.8 Å². The number of amides is 1. The van der Waals surface area contributed by atoms with E-state index >= 15 is 0 Å². The molecule has 1 amide bonds. The molecule has 2 rings (SSSR count). The van der Waals surface area contributed by atoms with Gasteiger partial charge in [0.25, 0.3) is 0 Å². The molecule has 116 valence electrons. The summed E-state index contributed by atoms with van der Waals surface area (Å²) < 4.78 is 0. The van der Waals surface area contributed by atoms with E-state index < -0.39 is 5.60 Å². The van der Waals surface area contributed by atoms with Crippen LogP contribution in [0.15, 0.2) is 18.2 Å². The summed E-state index contributed by atoms with van der Waals surface area (Å²) in [6, 6.07) is 5.49. The Kier molecular flexibility index (Phi) is 4.85. The summed E-state index contributed by atoms with van der Waals surface area (Å²) in [5.41, 5.74) is 7.52. The van der Waals surface area contributed by atoms with Gasteiger partial charge in [0.15, 0.2) is 0 Å². The molecule has 21 heavy (non-hydrogen) atoms. The Morgan fingerprint density at radius 3 is 3.00 bits per heavy atom. The van der Waals surface area contributed by atoms with Crippen molar-refractivity contribution in [2.75, 3.05) is 30.7 Å². The molecular formula is C16H25N3O2. The lowest BCUT2D eigenvalue weighted by Gasteiger charge is -2.36. The summed E-state index contributed by atoms with van der Waals surface area (Å²) in [5.74, 6) is -0.0195. The van der Waals surface area contributed by atoms with E-state index in [2.05, 4.69) is 10.2 Å². The van der Waals surface area contributed by atoms with Crippen molar-refractivity contribution in [3.63, 3.8) is 0 Å². The third-order valence-electron chi connectivity index (χ3n) is 3.94. The van der Waals surface area contributed by atoms with Crippen LogP contribution in [0.2, 0.25) is 0 Å². The Morgan fingerprint density at radius 1 is 1.52 bits per heavy atom. The van der Waals surface area contributed by atoms with Gasteiger partial charge in [-0.2, -0.15) is 0 Å². The molecule has 5 heteroatoms. The van der Waals surface area contributed by atoms with E-state index in [0.717, 1.165) is 30.6 Å². The number of nitrogen functional groups attached to an aromatic ring is 1. The minimum atomic E-state index is -0.626. The number of carbonyl (C=O) groups is 1. The molecule has 1 aliphatic heterocycles. The molecule has 1 unspecified atom stereocenters. The average Bonchev–Trinajstić information content (AvgIpc) is 2.40. The van der Waals surface area contributed by atoms with E-state index in [4.69, 9.17) is 5.73 Å². The number of carbonyl (C=O) groups excluding carboxylic acids is 1. The Bertz CT molecular complexity index is 514. The van der Waals surface area contributed by atoms with Gasteiger partial charge in [0, 0.05) is 30.9 Å². The molecule has 1 aromatic carbocycles. The summed E-state index contributed by atoms with van der Waals surface area (Å²) in [6.45, 7) is 6.05. The van der Waals surface area contributed by atoms with Gasteiger partial charge < -0.3 is 16.2 Å². The molecular weight excluding hydrogens is 266 g/mol. The van der Waals surface area contributed by atoms with Crippen LogP contribution in [0.4, 0.5) is 11.4 Å². The lowest BCUT2D eigenvalue weighted by molar-refractivity contribution is -0.117. The fourth-order valence-electron chi connectivity index (χ4n) is 2.76. The molecule has 0 radical (unpaired) electrons. The largest absolute Gasteiger partial charge is 0.399 e. The minimum absolute atomic E-state index is 0.0195. The number of anilines is 2. The number of nitrogens with two attached hydrogens (primary N) is 1. The van der Waals surface area contributed by atoms with Crippen LogP contribution >= 0.6 is 0 Å². The summed E-state index contributed by atoms with van der Waals surface area (Å²) in [6.07, 6.45) is 2.23. The first-order chi connectivity index (χ1) is 9.85. The van der Waals surface area contributed by atoms with Gasteiger partial charge in [-0.1, -0.05) is 6.07 Å². The number of likely N-dealkylation sites (tertiary alicyclic amines) is 1. The van der Waals surface area contributed by atoms with Crippen molar-refractivity contribution in [1.82, 2.24) is 4.90 Å². The summed E-state index contributed by atoms with van der Waals surface area (Å²) in [7, 11) is 0. The highest BCUT2D eigenvalue weighted by Crippen LogP contribution is 2.21. The Balaban J connectivity index is 1.83. The van der Waals surface area contributed by atoms with Gasteiger partial charge in [0.1, 0.15) is 0 Å². The van der Waals surface area contributed by atoms with Crippen LogP contribution < -0.4 is 11.1 Å². The molecule has 5 nitrogen and oxygen atoms in total. The third kappa shape index (κ3) is 4.72. The monoisotopic (exact) mass is 291 g/mol. The molecule has 1 heterocycles. The number of hydrogen-bond donors (Lipinski definition) is 3. The fraction of sp³-hybridized carbons (Fsp3) is 0.562. The van der Waals surface area contributed by atoms with E-state index in [-0.39, 0.29) is 5.91 Å². The summed E-state index contributed by atoms with van der Waals surface area (Å²) in [4.78, 5) is 14.2. The number of nitrogens with one attached hydrogen (secondary N) is 1. The van der Waals surface area contributed by atoms with Crippen molar-refractivity contribution in [2.24, 2.45) is 0 Å². The summed E-state index contributed by atoms with van der Waals surface area (Å²) >= 11 is 0. The maximum atomic E-state index is 12.0. The number of aryl methyl sites for hydroxylation is 1. The molecule has 1 fully saturated rings. The van der Waals surface area contributed by atoms with Crippen LogP contribution in [0, 0.1) is 6.92 Å². The number of hydrogen-bond acceptors (Lipinski definition) is 4. The Hall–Kier alpha value is -1.59. The van der Waals surface area contributed by atoms with Crippen molar-refractivity contribution in [2.45, 2.75) is 38.7 Å². The smallest absolute Gasteiger partial charge is 0.225 e. The molecule has 0 saturated carbocycles. The van der Waals surface area contributed by atoms with Gasteiger partial charge >= 0.3 is 0 Å². The van der Waals surface area contributed by atoms with Crippen molar-refractivity contribution in [3.8, 4) is 0 Å². The van der Waals surface area contributed by atoms with Gasteiger partial charge in [-0.3, -0.25) is 9.69 Å². The molecule has 1 saturated heterocycles. The molecule has 0 spiro atoms. The van der Waals surface area contributed by atoms with Crippen LogP contribution in [-0.2, 0) is 4.79 Å². The van der Waals surface area contributed by atoms with Crippen LogP contribution in [-0.4, -0.2) is 41.1 Å². The topological polar surface area (TPSA) is 78.6 Å². The first-order valence-electron chi connectivity index (χ1n) is 7.46. The highest BCUT2D eigenvalue weighted by Gasteiger charge is 2.28. The molecule has 1 aliphatic rings. The molecule has 1 atom stereocenters. The van der Waals surface area contributed by atoms with Gasteiger partial charge in [-0.05, 0) is 50.9 Å². The first-order valence-corrected chi connectivity index (χ1v) is 7.46. The molecule has 1 aromatic rings. The second-order valence-electron chi connectivity index (χ2n) is 6.25. The predicted molar refractivity (Wildman–Crippen MR) is 85.1 cm³/mol. The van der Waals surface area contributed by atoms with Gasteiger partial charge in [-0.25, -0.2) is 0 Å². The number of β-amino-alcohol motifs (C(OH)–C–C–N with tert-alkyl or cyclic N) is 1. The Labute approximate surface area is 126 Å². The SMILES string of the molecule is Cc1ccc(N)cc1NC(=O)CCN1CCCC(C)(O)C1. The van der Waals surface area contributed by atoms with E-state index in [9.17, 15) is 9.90 Å². The number of nitrogens with zero attached hydrogens (tertiary/aromatic N) is 1. The number of piperidine rings is 1. The maximum Gasteiger partial charge on any atom is 0.225 e. The second kappa shape index (κ2) is 6.45. The van der Waals surface area contributed by atoms with E-state index in [1.807, 2.05) is 26.0 Å². The van der Waals surface area contributed by atoms with Crippen LogP contribution in [0.25, 0.3) is 0 Å². The van der Waals surface area contributed by atoms with Gasteiger partial charge in [0.2, 0.25) is 5.91 Å². The normalized spacial score (nSPS) is 23.0. The van der Waals surface area contributed by atoms with Crippen LogP contribution in [0.5, 0.6) is 0 Å². The highest BCUT2D eigenvalue weighted by molar-refractivity contribution is 5.92. The van der Waals surface area contributed by atoms with E-state index in [1.165, 1.54) is 0 Å². The quantitative estimate of drug-likeness (QED) is 0.739. The van der Waals surface area contributed by atoms with Crippen LogP contribution in [0.1, 0.15) is 31.7 Å². The molecule has 0 bridgehead atoms. The maximum absolute atomic E-state index is 12.0. The number of rotatable bonds is 4. The lowest BCUT2D eigenvalue weighted by atomic mass is 9.95. The first kappa shape index (κ1) is 15.8. The number of aliphatic hydroxyl groups is 1. The predicted octanol–water partition coefficient (Wildman–Crippen LogP) is 1.75. The second-order valence-corrected chi connectivity index (χ2v) is 6.25. The third-order valence-corrected chi connectivity index (χ3v) is 3.94. The zero-order valence-electron chi connectivity index (χ0n) is 12.9. The zero-order chi connectivity index (χ0) is 15.5. The van der Waals surface area contributed by atoms with Crippen molar-refractivity contribution in [1.29, 1.82) is 0 Å². The van der Waals surface area contributed by atoms with Gasteiger partial charge in [-0.15, -0.1) is 0 Å². The zero-order valence-corrected chi connectivity index (χ0v) is 12.9. The molecule has 0 aliphatic carbocycles. The average molecular weight is 291 g/mol. The van der Waals surface area contributed by atoms with Crippen molar-refractivity contribution >= 4 is 17.3 Å². The van der Waals surface area contributed by atoms with Gasteiger partial charge in [0.05, 0.1) is 5.60 Å². The minimum Gasteiger partial charge on any atom is -0.399 e.